The van der Waals surface area contributed by atoms with Crippen molar-refractivity contribution in [1.82, 2.24) is 15.6 Å². The summed E-state index contributed by atoms with van der Waals surface area (Å²) in [7, 11) is 1.65. The molecule has 0 aliphatic heterocycles. The Morgan fingerprint density at radius 2 is 1.76 bits per heavy atom. The fraction of sp³-hybridized carbons (Fsp3) is 0.474. The van der Waals surface area contributed by atoms with Crippen molar-refractivity contribution in [1.29, 1.82) is 0 Å². The number of carbonyl (C=O) groups excluding carboxylic acids is 1. The van der Waals surface area contributed by atoms with Crippen LogP contribution >= 0.6 is 11.3 Å². The number of hydrogen-bond donors (Lipinski definition) is 2. The molecule has 0 saturated heterocycles. The van der Waals surface area contributed by atoms with E-state index in [1.807, 2.05) is 24.3 Å². The molecule has 25 heavy (non-hydrogen) atoms. The first kappa shape index (κ1) is 19.2. The highest BCUT2D eigenvalue weighted by molar-refractivity contribution is 7.09. The van der Waals surface area contributed by atoms with Crippen molar-refractivity contribution >= 4 is 17.4 Å². The maximum atomic E-state index is 11.8. The molecular weight excluding hydrogens is 334 g/mol. The SMILES string of the molecule is COc1ccc(CCNC(=O)NCCc2nc(C(C)(C)C)cs2)cc1. The van der Waals surface area contributed by atoms with Crippen LogP contribution in [-0.4, -0.2) is 31.2 Å². The molecule has 1 aromatic carbocycles. The molecule has 0 spiro atoms. The van der Waals surface area contributed by atoms with Crippen LogP contribution in [-0.2, 0) is 18.3 Å². The van der Waals surface area contributed by atoms with Crippen LogP contribution in [0.2, 0.25) is 0 Å². The molecule has 2 N–H and O–H groups in total. The average Bonchev–Trinajstić information content (AvgIpc) is 3.05. The zero-order chi connectivity index (χ0) is 18.3. The summed E-state index contributed by atoms with van der Waals surface area (Å²) in [5, 5.41) is 8.92. The summed E-state index contributed by atoms with van der Waals surface area (Å²) in [6.07, 6.45) is 1.55. The Morgan fingerprint density at radius 3 is 2.32 bits per heavy atom. The Kier molecular flexibility index (Phi) is 6.82. The molecule has 0 saturated carbocycles. The summed E-state index contributed by atoms with van der Waals surface area (Å²) >= 11 is 1.65. The van der Waals surface area contributed by atoms with E-state index < -0.39 is 0 Å². The Hall–Kier alpha value is -2.08. The van der Waals surface area contributed by atoms with Gasteiger partial charge in [0.1, 0.15) is 5.75 Å². The molecule has 5 nitrogen and oxygen atoms in total. The Labute approximate surface area is 153 Å². The zero-order valence-electron chi connectivity index (χ0n) is 15.4. The first-order chi connectivity index (χ1) is 11.9. The van der Waals surface area contributed by atoms with Crippen molar-refractivity contribution in [3.05, 3.63) is 45.9 Å². The van der Waals surface area contributed by atoms with Gasteiger partial charge in [-0.15, -0.1) is 11.3 Å². The van der Waals surface area contributed by atoms with Crippen LogP contribution in [0.1, 0.15) is 37.0 Å². The Morgan fingerprint density at radius 1 is 1.12 bits per heavy atom. The third kappa shape index (κ3) is 6.38. The number of thiazole rings is 1. The van der Waals surface area contributed by atoms with Gasteiger partial charge in [0.15, 0.2) is 0 Å². The van der Waals surface area contributed by atoms with E-state index in [0.717, 1.165) is 29.3 Å². The van der Waals surface area contributed by atoms with Gasteiger partial charge in [0.05, 0.1) is 17.8 Å². The second-order valence-electron chi connectivity index (χ2n) is 6.91. The van der Waals surface area contributed by atoms with Crippen LogP contribution in [0.25, 0.3) is 0 Å². The second kappa shape index (κ2) is 8.85. The van der Waals surface area contributed by atoms with Gasteiger partial charge in [-0.25, -0.2) is 9.78 Å². The minimum atomic E-state index is -0.138. The van der Waals surface area contributed by atoms with Crippen LogP contribution in [0.15, 0.2) is 29.6 Å². The van der Waals surface area contributed by atoms with E-state index in [9.17, 15) is 4.79 Å². The molecule has 0 bridgehead atoms. The molecule has 0 radical (unpaired) electrons. The van der Waals surface area contributed by atoms with Crippen molar-refractivity contribution in [2.45, 2.75) is 39.0 Å². The van der Waals surface area contributed by atoms with Crippen molar-refractivity contribution in [3.63, 3.8) is 0 Å². The molecule has 0 fully saturated rings. The van der Waals surface area contributed by atoms with Crippen molar-refractivity contribution < 1.29 is 9.53 Å². The summed E-state index contributed by atoms with van der Waals surface area (Å²) in [6.45, 7) is 7.65. The molecule has 2 aromatic rings. The molecular formula is C19H27N3O2S. The zero-order valence-corrected chi connectivity index (χ0v) is 16.2. The van der Waals surface area contributed by atoms with Crippen LogP contribution in [0.5, 0.6) is 5.75 Å². The normalized spacial score (nSPS) is 11.2. The summed E-state index contributed by atoms with van der Waals surface area (Å²) in [4.78, 5) is 16.5. The molecule has 0 unspecified atom stereocenters. The summed E-state index contributed by atoms with van der Waals surface area (Å²) in [5.74, 6) is 0.839. The summed E-state index contributed by atoms with van der Waals surface area (Å²) < 4.78 is 5.13. The van der Waals surface area contributed by atoms with Gasteiger partial charge in [-0.2, -0.15) is 0 Å². The minimum absolute atomic E-state index is 0.0704. The highest BCUT2D eigenvalue weighted by Gasteiger charge is 2.17. The lowest BCUT2D eigenvalue weighted by Gasteiger charge is -2.14. The first-order valence-corrected chi connectivity index (χ1v) is 9.36. The molecule has 136 valence electrons. The lowest BCUT2D eigenvalue weighted by atomic mass is 9.93. The number of hydrogen-bond acceptors (Lipinski definition) is 4. The minimum Gasteiger partial charge on any atom is -0.497 e. The molecule has 0 aliphatic rings. The highest BCUT2D eigenvalue weighted by atomic mass is 32.1. The number of benzene rings is 1. The van der Waals surface area contributed by atoms with Gasteiger partial charge in [0.2, 0.25) is 0 Å². The van der Waals surface area contributed by atoms with Gasteiger partial charge < -0.3 is 15.4 Å². The molecule has 0 aliphatic carbocycles. The number of carbonyl (C=O) groups is 1. The van der Waals surface area contributed by atoms with Crippen LogP contribution < -0.4 is 15.4 Å². The molecule has 2 amide bonds. The molecule has 2 rings (SSSR count). The number of urea groups is 1. The number of ether oxygens (including phenoxy) is 1. The third-order valence-electron chi connectivity index (χ3n) is 3.80. The quantitative estimate of drug-likeness (QED) is 0.793. The number of amides is 2. The van der Waals surface area contributed by atoms with E-state index in [1.54, 1.807) is 18.4 Å². The lowest BCUT2D eigenvalue weighted by Crippen LogP contribution is -2.37. The van der Waals surface area contributed by atoms with Gasteiger partial charge in [0.25, 0.3) is 0 Å². The Balaban J connectivity index is 1.64. The topological polar surface area (TPSA) is 63.2 Å². The van der Waals surface area contributed by atoms with E-state index >= 15 is 0 Å². The second-order valence-corrected chi connectivity index (χ2v) is 7.85. The standard InChI is InChI=1S/C19H27N3O2S/c1-19(2,3)16-13-25-17(22-16)10-12-21-18(23)20-11-9-14-5-7-15(24-4)8-6-14/h5-8,13H,9-12H2,1-4H3,(H2,20,21,23). The van der Waals surface area contributed by atoms with E-state index in [0.29, 0.717) is 13.1 Å². The van der Waals surface area contributed by atoms with Crippen molar-refractivity contribution in [2.24, 2.45) is 0 Å². The molecule has 0 atom stereocenters. The van der Waals surface area contributed by atoms with Gasteiger partial charge >= 0.3 is 6.03 Å². The first-order valence-electron chi connectivity index (χ1n) is 8.48. The van der Waals surface area contributed by atoms with Gasteiger partial charge in [0, 0.05) is 30.3 Å². The van der Waals surface area contributed by atoms with Gasteiger partial charge in [-0.05, 0) is 24.1 Å². The van der Waals surface area contributed by atoms with E-state index in [2.05, 4.69) is 41.8 Å². The predicted octanol–water partition coefficient (Wildman–Crippen LogP) is 3.53. The van der Waals surface area contributed by atoms with Crippen molar-refractivity contribution in [2.75, 3.05) is 20.2 Å². The van der Waals surface area contributed by atoms with Crippen molar-refractivity contribution in [3.8, 4) is 5.75 Å². The smallest absolute Gasteiger partial charge is 0.314 e. The molecule has 6 heteroatoms. The number of nitrogens with one attached hydrogen (secondary N) is 2. The molecule has 1 aromatic heterocycles. The number of methoxy groups -OCH3 is 1. The highest BCUT2D eigenvalue weighted by Crippen LogP contribution is 2.23. The number of aromatic nitrogens is 1. The van der Waals surface area contributed by atoms with Crippen LogP contribution in [0.3, 0.4) is 0 Å². The van der Waals surface area contributed by atoms with E-state index in [-0.39, 0.29) is 11.4 Å². The lowest BCUT2D eigenvalue weighted by molar-refractivity contribution is 0.241. The largest absolute Gasteiger partial charge is 0.497 e. The number of nitrogens with zero attached hydrogens (tertiary/aromatic N) is 1. The van der Waals surface area contributed by atoms with Gasteiger partial charge in [-0.1, -0.05) is 32.9 Å². The van der Waals surface area contributed by atoms with E-state index in [4.69, 9.17) is 4.74 Å². The fourth-order valence-electron chi connectivity index (χ4n) is 2.23. The summed E-state index contributed by atoms with van der Waals surface area (Å²) in [5.41, 5.74) is 2.34. The fourth-order valence-corrected chi connectivity index (χ4v) is 3.25. The molecule has 1 heterocycles. The third-order valence-corrected chi connectivity index (χ3v) is 4.71. The number of rotatable bonds is 7. The monoisotopic (exact) mass is 361 g/mol. The maximum Gasteiger partial charge on any atom is 0.314 e. The van der Waals surface area contributed by atoms with Crippen LogP contribution in [0.4, 0.5) is 4.79 Å². The van der Waals surface area contributed by atoms with Gasteiger partial charge in [-0.3, -0.25) is 0 Å². The van der Waals surface area contributed by atoms with Crippen LogP contribution in [0, 0.1) is 0 Å². The van der Waals surface area contributed by atoms with E-state index in [1.165, 1.54) is 5.56 Å². The Bertz CT molecular complexity index is 675. The average molecular weight is 362 g/mol. The summed E-state index contributed by atoms with van der Waals surface area (Å²) in [6, 6.07) is 7.73. The maximum absolute atomic E-state index is 11.8. The predicted molar refractivity (Wildman–Crippen MR) is 103 cm³/mol.